The van der Waals surface area contributed by atoms with Crippen LogP contribution in [-0.4, -0.2) is 39.1 Å². The van der Waals surface area contributed by atoms with Crippen molar-refractivity contribution in [2.24, 2.45) is 5.10 Å². The lowest BCUT2D eigenvalue weighted by Gasteiger charge is -2.13. The van der Waals surface area contributed by atoms with E-state index in [1.807, 2.05) is 19.9 Å². The lowest BCUT2D eigenvalue weighted by molar-refractivity contribution is 0.0954. The van der Waals surface area contributed by atoms with E-state index in [-0.39, 0.29) is 12.5 Å². The summed E-state index contributed by atoms with van der Waals surface area (Å²) in [6.45, 7) is 4.81. The highest BCUT2D eigenvalue weighted by atomic mass is 127. The van der Waals surface area contributed by atoms with E-state index in [9.17, 15) is 4.79 Å². The van der Waals surface area contributed by atoms with Gasteiger partial charge in [0.15, 0.2) is 23.0 Å². The predicted octanol–water partition coefficient (Wildman–Crippen LogP) is 3.87. The smallest absolute Gasteiger partial charge is 0.271 e. The first-order valence-electron chi connectivity index (χ1n) is 9.20. The van der Waals surface area contributed by atoms with Gasteiger partial charge in [0.1, 0.15) is 6.61 Å². The van der Waals surface area contributed by atoms with Crippen molar-refractivity contribution in [1.82, 2.24) is 5.43 Å². The molecule has 7 nitrogen and oxygen atoms in total. The highest BCUT2D eigenvalue weighted by Gasteiger charge is 2.12. The van der Waals surface area contributed by atoms with Crippen molar-refractivity contribution in [2.45, 2.75) is 13.8 Å². The normalized spacial score (nSPS) is 10.4. The van der Waals surface area contributed by atoms with Crippen LogP contribution in [0.25, 0.3) is 0 Å². The van der Waals surface area contributed by atoms with Crippen molar-refractivity contribution in [1.29, 1.82) is 0 Å². The summed E-state index contributed by atoms with van der Waals surface area (Å²) in [6, 6.07) is 8.55. The van der Waals surface area contributed by atoms with Crippen molar-refractivity contribution >= 4 is 34.7 Å². The molecule has 0 radical (unpaired) electrons. The minimum atomic E-state index is -0.372. The van der Waals surface area contributed by atoms with E-state index in [0.717, 1.165) is 9.13 Å². The molecule has 0 aromatic heterocycles. The second kappa shape index (κ2) is 11.9. The lowest BCUT2D eigenvalue weighted by atomic mass is 10.2. The van der Waals surface area contributed by atoms with Crippen molar-refractivity contribution in [2.75, 3.05) is 26.9 Å². The molecule has 8 heteroatoms. The van der Waals surface area contributed by atoms with Gasteiger partial charge in [0.25, 0.3) is 5.91 Å². The number of hydrogen-bond acceptors (Lipinski definition) is 6. The van der Waals surface area contributed by atoms with Gasteiger partial charge >= 0.3 is 0 Å². The molecule has 0 aliphatic heterocycles. The first-order chi connectivity index (χ1) is 14.5. The number of nitrogens with zero attached hydrogens (tertiary/aromatic N) is 1. The second-order valence-electron chi connectivity index (χ2n) is 5.75. The van der Waals surface area contributed by atoms with E-state index in [2.05, 4.69) is 39.0 Å². The molecule has 30 heavy (non-hydrogen) atoms. The Morgan fingerprint density at radius 1 is 1.13 bits per heavy atom. The Morgan fingerprint density at radius 3 is 2.53 bits per heavy atom. The zero-order valence-electron chi connectivity index (χ0n) is 17.0. The summed E-state index contributed by atoms with van der Waals surface area (Å²) in [5.41, 5.74) is 3.65. The predicted molar refractivity (Wildman–Crippen MR) is 124 cm³/mol. The summed E-state index contributed by atoms with van der Waals surface area (Å²) in [7, 11) is 1.54. The van der Waals surface area contributed by atoms with Gasteiger partial charge in [0, 0.05) is 5.56 Å². The van der Waals surface area contributed by atoms with E-state index < -0.39 is 0 Å². The zero-order valence-corrected chi connectivity index (χ0v) is 19.2. The SMILES string of the molecule is C#CCOc1c(I)cc(/C=N/NC(=O)c2ccc(OC)c(OCC)c2)cc1OCC. The van der Waals surface area contributed by atoms with Crippen molar-refractivity contribution in [3.63, 3.8) is 0 Å². The highest BCUT2D eigenvalue weighted by Crippen LogP contribution is 2.34. The van der Waals surface area contributed by atoms with Crippen LogP contribution in [0, 0.1) is 15.9 Å². The number of benzene rings is 2. The minimum absolute atomic E-state index is 0.144. The maximum atomic E-state index is 12.4. The quantitative estimate of drug-likeness (QED) is 0.222. The molecule has 0 bridgehead atoms. The fourth-order valence-electron chi connectivity index (χ4n) is 2.50. The largest absolute Gasteiger partial charge is 0.493 e. The average Bonchev–Trinajstić information content (AvgIpc) is 2.73. The molecule has 0 aliphatic carbocycles. The van der Waals surface area contributed by atoms with E-state index in [0.29, 0.717) is 41.8 Å². The molecule has 2 aromatic rings. The number of nitrogens with one attached hydrogen (secondary N) is 1. The highest BCUT2D eigenvalue weighted by molar-refractivity contribution is 14.1. The molecule has 0 saturated heterocycles. The van der Waals surface area contributed by atoms with Crippen LogP contribution in [0.5, 0.6) is 23.0 Å². The molecule has 0 aliphatic rings. The van der Waals surface area contributed by atoms with Crippen LogP contribution in [0.3, 0.4) is 0 Å². The number of carbonyl (C=O) groups excluding carboxylic acids is 1. The van der Waals surface area contributed by atoms with Gasteiger partial charge in [0.2, 0.25) is 0 Å². The summed E-state index contributed by atoms with van der Waals surface area (Å²) < 4.78 is 22.8. The third-order valence-corrected chi connectivity index (χ3v) is 4.54. The standard InChI is InChI=1S/C22H23IN2O5/c1-5-10-30-21-17(23)11-15(12-20(21)29-7-3)14-24-25-22(26)16-8-9-18(27-4)19(13-16)28-6-2/h1,8-9,11-14H,6-7,10H2,2-4H3,(H,25,26)/b24-14+. The maximum Gasteiger partial charge on any atom is 0.271 e. The Bertz CT molecular complexity index is 953. The minimum Gasteiger partial charge on any atom is -0.493 e. The fourth-order valence-corrected chi connectivity index (χ4v) is 3.28. The van der Waals surface area contributed by atoms with Gasteiger partial charge < -0.3 is 18.9 Å². The third-order valence-electron chi connectivity index (χ3n) is 3.74. The molecule has 0 spiro atoms. The third kappa shape index (κ3) is 6.29. The van der Waals surface area contributed by atoms with Crippen molar-refractivity contribution in [3.8, 4) is 35.3 Å². The number of methoxy groups -OCH3 is 1. The van der Waals surface area contributed by atoms with E-state index in [4.69, 9.17) is 25.4 Å². The Kier molecular flexibility index (Phi) is 9.28. The number of hydrogen-bond donors (Lipinski definition) is 1. The van der Waals surface area contributed by atoms with Crippen LogP contribution in [0.4, 0.5) is 0 Å². The molecule has 2 aromatic carbocycles. The molecular formula is C22H23IN2O5. The summed E-state index contributed by atoms with van der Waals surface area (Å²) in [5, 5.41) is 4.04. The number of hydrazone groups is 1. The number of rotatable bonds is 10. The van der Waals surface area contributed by atoms with Crippen LogP contribution < -0.4 is 24.4 Å². The molecule has 1 amide bonds. The van der Waals surface area contributed by atoms with E-state index in [1.165, 1.54) is 6.21 Å². The number of halogens is 1. The lowest BCUT2D eigenvalue weighted by Crippen LogP contribution is -2.17. The maximum absolute atomic E-state index is 12.4. The van der Waals surface area contributed by atoms with Crippen LogP contribution in [0.15, 0.2) is 35.4 Å². The van der Waals surface area contributed by atoms with Crippen LogP contribution >= 0.6 is 22.6 Å². The molecule has 2 rings (SSSR count). The second-order valence-corrected chi connectivity index (χ2v) is 6.92. The van der Waals surface area contributed by atoms with Crippen LogP contribution in [-0.2, 0) is 0 Å². The van der Waals surface area contributed by atoms with E-state index in [1.54, 1.807) is 31.4 Å². The fraction of sp³-hybridized carbons (Fsp3) is 0.273. The Hall–Kier alpha value is -2.93. The average molecular weight is 522 g/mol. The molecule has 0 atom stereocenters. The molecule has 0 heterocycles. The summed E-state index contributed by atoms with van der Waals surface area (Å²) in [6.07, 6.45) is 6.80. The zero-order chi connectivity index (χ0) is 21.9. The molecule has 0 saturated carbocycles. The molecule has 0 fully saturated rings. The summed E-state index contributed by atoms with van der Waals surface area (Å²) in [5.74, 6) is 4.26. The van der Waals surface area contributed by atoms with Gasteiger partial charge in [-0.3, -0.25) is 4.79 Å². The number of terminal acetylenes is 1. The molecule has 0 unspecified atom stereocenters. The van der Waals surface area contributed by atoms with Gasteiger partial charge in [0.05, 0.1) is 30.1 Å². The Balaban J connectivity index is 2.15. The van der Waals surface area contributed by atoms with Crippen LogP contribution in [0.1, 0.15) is 29.8 Å². The Morgan fingerprint density at radius 2 is 1.87 bits per heavy atom. The molecule has 1 N–H and O–H groups in total. The molecular weight excluding hydrogens is 499 g/mol. The topological polar surface area (TPSA) is 78.4 Å². The number of ether oxygens (including phenoxy) is 4. The Labute approximate surface area is 189 Å². The van der Waals surface area contributed by atoms with Gasteiger partial charge in [-0.2, -0.15) is 5.10 Å². The summed E-state index contributed by atoms with van der Waals surface area (Å²) in [4.78, 5) is 12.4. The first kappa shape index (κ1) is 23.3. The van der Waals surface area contributed by atoms with Crippen molar-refractivity contribution in [3.05, 3.63) is 45.0 Å². The van der Waals surface area contributed by atoms with Gasteiger partial charge in [-0.05, 0) is 72.3 Å². The first-order valence-corrected chi connectivity index (χ1v) is 10.3. The summed E-state index contributed by atoms with van der Waals surface area (Å²) >= 11 is 2.14. The number of amides is 1. The molecule has 158 valence electrons. The van der Waals surface area contributed by atoms with E-state index >= 15 is 0 Å². The monoisotopic (exact) mass is 522 g/mol. The van der Waals surface area contributed by atoms with Gasteiger partial charge in [-0.1, -0.05) is 5.92 Å². The van der Waals surface area contributed by atoms with Crippen LogP contribution in [0.2, 0.25) is 0 Å². The van der Waals surface area contributed by atoms with Crippen molar-refractivity contribution < 1.29 is 23.7 Å². The number of carbonyl (C=O) groups is 1. The van der Waals surface area contributed by atoms with Gasteiger partial charge in [-0.15, -0.1) is 6.42 Å². The van der Waals surface area contributed by atoms with Gasteiger partial charge in [-0.25, -0.2) is 5.43 Å².